The maximum absolute atomic E-state index is 13.2. The molecule has 186 valence electrons. The van der Waals surface area contributed by atoms with Crippen molar-refractivity contribution in [1.82, 2.24) is 14.8 Å². The molecule has 2 heterocycles. The molecule has 3 aromatic rings. The number of fused-ring (bicyclic) bond motifs is 1. The molecule has 0 bridgehead atoms. The Morgan fingerprint density at radius 3 is 2.50 bits per heavy atom. The number of carbonyl (C=O) groups excluding carboxylic acids is 2. The molecular formula is C28H31N5O3. The van der Waals surface area contributed by atoms with E-state index in [2.05, 4.69) is 28.4 Å². The normalized spacial score (nSPS) is 14.1. The fourth-order valence-corrected chi connectivity index (χ4v) is 4.45. The van der Waals surface area contributed by atoms with Crippen molar-refractivity contribution in [3.63, 3.8) is 0 Å². The zero-order chi connectivity index (χ0) is 25.3. The Labute approximate surface area is 211 Å². The molecule has 8 nitrogen and oxygen atoms in total. The third kappa shape index (κ3) is 5.93. The van der Waals surface area contributed by atoms with Gasteiger partial charge in [-0.05, 0) is 30.7 Å². The van der Waals surface area contributed by atoms with Gasteiger partial charge in [-0.15, -0.1) is 0 Å². The number of hydrogen-bond donors (Lipinski definition) is 1. The van der Waals surface area contributed by atoms with Crippen LogP contribution in [-0.4, -0.2) is 67.7 Å². The maximum atomic E-state index is 13.2. The van der Waals surface area contributed by atoms with Gasteiger partial charge in [0.15, 0.2) is 0 Å². The third-order valence-corrected chi connectivity index (χ3v) is 6.32. The van der Waals surface area contributed by atoms with Gasteiger partial charge >= 0.3 is 0 Å². The Bertz CT molecular complexity index is 1270. The lowest BCUT2D eigenvalue weighted by molar-refractivity contribution is -0.127. The molecule has 0 saturated carbocycles. The minimum atomic E-state index is -0.266. The lowest BCUT2D eigenvalue weighted by Crippen LogP contribution is -2.49. The van der Waals surface area contributed by atoms with Crippen LogP contribution < -0.4 is 10.2 Å². The highest BCUT2D eigenvalue weighted by Gasteiger charge is 2.24. The summed E-state index contributed by atoms with van der Waals surface area (Å²) in [4.78, 5) is 29.6. The van der Waals surface area contributed by atoms with E-state index in [0.29, 0.717) is 39.3 Å². The Balaban J connectivity index is 1.48. The van der Waals surface area contributed by atoms with E-state index < -0.39 is 0 Å². The molecule has 8 heteroatoms. The molecule has 1 aliphatic heterocycles. The Morgan fingerprint density at radius 2 is 1.78 bits per heavy atom. The van der Waals surface area contributed by atoms with Gasteiger partial charge in [0.1, 0.15) is 18.2 Å². The van der Waals surface area contributed by atoms with Crippen molar-refractivity contribution in [1.29, 1.82) is 5.26 Å². The van der Waals surface area contributed by atoms with Crippen LogP contribution in [-0.2, 0) is 20.9 Å². The Morgan fingerprint density at radius 1 is 1.06 bits per heavy atom. The van der Waals surface area contributed by atoms with Crippen LogP contribution in [0.3, 0.4) is 0 Å². The van der Waals surface area contributed by atoms with Crippen molar-refractivity contribution in [2.75, 3.05) is 51.3 Å². The molecule has 1 fully saturated rings. The topological polar surface area (TPSA) is 90.6 Å². The van der Waals surface area contributed by atoms with E-state index in [9.17, 15) is 14.9 Å². The molecule has 2 aromatic carbocycles. The number of piperazine rings is 1. The second kappa shape index (κ2) is 12.0. The van der Waals surface area contributed by atoms with Crippen molar-refractivity contribution in [3.8, 4) is 6.07 Å². The quantitative estimate of drug-likeness (QED) is 0.286. The minimum Gasteiger partial charge on any atom is -0.385 e. The molecule has 2 amide bonds. The molecule has 0 spiro atoms. The molecule has 1 aromatic heterocycles. The van der Waals surface area contributed by atoms with E-state index in [0.717, 1.165) is 28.6 Å². The number of rotatable bonds is 9. The van der Waals surface area contributed by atoms with E-state index in [1.807, 2.05) is 53.2 Å². The standard InChI is InChI=1S/C28H31N5O3/c1-36-17-7-12-30-27(34)21-33-20-23(25-10-5-6-11-26(25)33)18-22(19-29)28(35)32-15-13-31(14-16-32)24-8-3-2-4-9-24/h2-6,8-11,18,20H,7,12-17,21H2,1H3,(H,30,34). The van der Waals surface area contributed by atoms with Crippen molar-refractivity contribution in [2.45, 2.75) is 13.0 Å². The number of carbonyl (C=O) groups is 2. The first-order valence-corrected chi connectivity index (χ1v) is 12.2. The second-order valence-electron chi connectivity index (χ2n) is 8.71. The van der Waals surface area contributed by atoms with Crippen LogP contribution in [0.2, 0.25) is 0 Å². The summed E-state index contributed by atoms with van der Waals surface area (Å²) in [5, 5.41) is 13.6. The number of benzene rings is 2. The van der Waals surface area contributed by atoms with Gasteiger partial charge in [-0.2, -0.15) is 5.26 Å². The minimum absolute atomic E-state index is 0.0927. The average Bonchev–Trinajstić information content (AvgIpc) is 3.26. The summed E-state index contributed by atoms with van der Waals surface area (Å²) in [6.07, 6.45) is 4.22. The number of nitriles is 1. The largest absolute Gasteiger partial charge is 0.385 e. The monoisotopic (exact) mass is 485 g/mol. The van der Waals surface area contributed by atoms with E-state index in [-0.39, 0.29) is 23.9 Å². The molecule has 0 atom stereocenters. The summed E-state index contributed by atoms with van der Waals surface area (Å²) in [5.41, 5.74) is 2.84. The number of nitrogens with zero attached hydrogens (tertiary/aromatic N) is 4. The molecule has 0 aliphatic carbocycles. The first-order chi connectivity index (χ1) is 17.6. The predicted octanol–water partition coefficient (Wildman–Crippen LogP) is 3.05. The zero-order valence-corrected chi connectivity index (χ0v) is 20.5. The van der Waals surface area contributed by atoms with Gasteiger partial charge in [0.25, 0.3) is 5.91 Å². The van der Waals surface area contributed by atoms with Crippen LogP contribution in [0.25, 0.3) is 17.0 Å². The predicted molar refractivity (Wildman–Crippen MR) is 140 cm³/mol. The van der Waals surface area contributed by atoms with Gasteiger partial charge in [-0.1, -0.05) is 36.4 Å². The van der Waals surface area contributed by atoms with Crippen LogP contribution in [0.15, 0.2) is 66.4 Å². The van der Waals surface area contributed by atoms with Gasteiger partial charge in [0, 0.05) is 74.8 Å². The molecule has 1 aliphatic rings. The lowest BCUT2D eigenvalue weighted by atomic mass is 10.1. The number of methoxy groups -OCH3 is 1. The van der Waals surface area contributed by atoms with Crippen LogP contribution in [0.1, 0.15) is 12.0 Å². The number of hydrogen-bond acceptors (Lipinski definition) is 5. The third-order valence-electron chi connectivity index (χ3n) is 6.32. The number of aromatic nitrogens is 1. The van der Waals surface area contributed by atoms with Crippen LogP contribution in [0, 0.1) is 11.3 Å². The van der Waals surface area contributed by atoms with Crippen molar-refractivity contribution >= 4 is 34.5 Å². The number of anilines is 1. The summed E-state index contributed by atoms with van der Waals surface area (Å²) < 4.78 is 6.87. The van der Waals surface area contributed by atoms with Crippen molar-refractivity contribution < 1.29 is 14.3 Å². The number of amides is 2. The second-order valence-corrected chi connectivity index (χ2v) is 8.71. The SMILES string of the molecule is COCCCNC(=O)Cn1cc(C=C(C#N)C(=O)N2CCN(c3ccccc3)CC2)c2ccccc21. The Hall–Kier alpha value is -4.09. The molecule has 0 radical (unpaired) electrons. The van der Waals surface area contributed by atoms with Gasteiger partial charge < -0.3 is 24.4 Å². The van der Waals surface area contributed by atoms with E-state index in [1.54, 1.807) is 18.1 Å². The van der Waals surface area contributed by atoms with Gasteiger partial charge in [-0.25, -0.2) is 0 Å². The van der Waals surface area contributed by atoms with Gasteiger partial charge in [-0.3, -0.25) is 9.59 Å². The number of ether oxygens (including phenoxy) is 1. The highest BCUT2D eigenvalue weighted by Crippen LogP contribution is 2.24. The molecule has 0 unspecified atom stereocenters. The van der Waals surface area contributed by atoms with Crippen LogP contribution in [0.4, 0.5) is 5.69 Å². The summed E-state index contributed by atoms with van der Waals surface area (Å²) >= 11 is 0. The Kier molecular flexibility index (Phi) is 8.37. The summed E-state index contributed by atoms with van der Waals surface area (Å²) in [7, 11) is 1.63. The average molecular weight is 486 g/mol. The summed E-state index contributed by atoms with van der Waals surface area (Å²) in [6, 6.07) is 19.9. The van der Waals surface area contributed by atoms with Gasteiger partial charge in [0.05, 0.1) is 0 Å². The molecule has 1 N–H and O–H groups in total. The van der Waals surface area contributed by atoms with E-state index in [4.69, 9.17) is 4.74 Å². The lowest BCUT2D eigenvalue weighted by Gasteiger charge is -2.36. The van der Waals surface area contributed by atoms with Crippen molar-refractivity contribution in [3.05, 3.63) is 71.9 Å². The number of para-hydroxylation sites is 2. The van der Waals surface area contributed by atoms with Crippen LogP contribution in [0.5, 0.6) is 0 Å². The highest BCUT2D eigenvalue weighted by atomic mass is 16.5. The fraction of sp³-hybridized carbons (Fsp3) is 0.321. The molecule has 4 rings (SSSR count). The molecule has 36 heavy (non-hydrogen) atoms. The number of nitrogens with one attached hydrogen (secondary N) is 1. The van der Waals surface area contributed by atoms with Crippen LogP contribution >= 0.6 is 0 Å². The first kappa shape index (κ1) is 25.0. The summed E-state index contributed by atoms with van der Waals surface area (Å²) in [6.45, 7) is 3.83. The van der Waals surface area contributed by atoms with Gasteiger partial charge in [0.2, 0.25) is 5.91 Å². The first-order valence-electron chi connectivity index (χ1n) is 12.2. The fourth-order valence-electron chi connectivity index (χ4n) is 4.45. The highest BCUT2D eigenvalue weighted by molar-refractivity contribution is 6.04. The maximum Gasteiger partial charge on any atom is 0.264 e. The summed E-state index contributed by atoms with van der Waals surface area (Å²) in [5.74, 6) is -0.367. The molecular weight excluding hydrogens is 454 g/mol. The zero-order valence-electron chi connectivity index (χ0n) is 20.5. The van der Waals surface area contributed by atoms with E-state index >= 15 is 0 Å². The molecule has 1 saturated heterocycles. The smallest absolute Gasteiger partial charge is 0.264 e. The van der Waals surface area contributed by atoms with Crippen molar-refractivity contribution in [2.24, 2.45) is 0 Å². The van der Waals surface area contributed by atoms with E-state index in [1.165, 1.54) is 0 Å².